The molecule has 0 radical (unpaired) electrons. The molecule has 4 nitrogen and oxygen atoms in total. The molecule has 2 aromatic carbocycles. The number of ether oxygens (including phenoxy) is 1. The molecule has 5 heteroatoms. The molecule has 0 atom stereocenters. The summed E-state index contributed by atoms with van der Waals surface area (Å²) in [6, 6.07) is 11.8. The smallest absolute Gasteiger partial charge is 0.255 e. The summed E-state index contributed by atoms with van der Waals surface area (Å²) in [5.74, 6) is 0.363. The van der Waals surface area contributed by atoms with Gasteiger partial charge in [0.2, 0.25) is 0 Å². The third-order valence-corrected chi connectivity index (χ3v) is 2.89. The van der Waals surface area contributed by atoms with Crippen LogP contribution >= 0.6 is 11.6 Å². The Morgan fingerprint density at radius 2 is 2.05 bits per heavy atom. The minimum Gasteiger partial charge on any atom is -0.497 e. The molecular formula is C14H13ClN2O2. The Hall–Kier alpha value is -2.20. The summed E-state index contributed by atoms with van der Waals surface area (Å²) in [5.41, 5.74) is 7.15. The summed E-state index contributed by atoms with van der Waals surface area (Å²) in [7, 11) is 1.55. The van der Waals surface area contributed by atoms with Gasteiger partial charge in [-0.15, -0.1) is 0 Å². The van der Waals surface area contributed by atoms with E-state index in [1.54, 1.807) is 49.6 Å². The van der Waals surface area contributed by atoms with Gasteiger partial charge in [0.05, 0.1) is 17.8 Å². The fraction of sp³-hybridized carbons (Fsp3) is 0.0714. The number of carbonyl (C=O) groups is 1. The molecule has 0 aromatic heterocycles. The fourth-order valence-electron chi connectivity index (χ4n) is 1.59. The Morgan fingerprint density at radius 1 is 1.26 bits per heavy atom. The maximum atomic E-state index is 12.1. The molecule has 0 saturated carbocycles. The summed E-state index contributed by atoms with van der Waals surface area (Å²) in [6.07, 6.45) is 0. The molecule has 0 spiro atoms. The second-order valence-corrected chi connectivity index (χ2v) is 4.33. The second-order valence-electron chi connectivity index (χ2n) is 3.93. The van der Waals surface area contributed by atoms with E-state index in [-0.39, 0.29) is 5.91 Å². The van der Waals surface area contributed by atoms with Gasteiger partial charge in [-0.3, -0.25) is 4.79 Å². The van der Waals surface area contributed by atoms with Gasteiger partial charge in [-0.2, -0.15) is 0 Å². The number of benzene rings is 2. The van der Waals surface area contributed by atoms with Crippen molar-refractivity contribution in [1.82, 2.24) is 0 Å². The first-order valence-electron chi connectivity index (χ1n) is 5.60. The average molecular weight is 277 g/mol. The van der Waals surface area contributed by atoms with Gasteiger partial charge in [0.1, 0.15) is 5.75 Å². The van der Waals surface area contributed by atoms with Crippen LogP contribution in [-0.2, 0) is 0 Å². The summed E-state index contributed by atoms with van der Waals surface area (Å²) in [6.45, 7) is 0. The predicted molar refractivity (Wildman–Crippen MR) is 76.8 cm³/mol. The minimum atomic E-state index is -0.259. The zero-order valence-electron chi connectivity index (χ0n) is 10.3. The van der Waals surface area contributed by atoms with Crippen LogP contribution in [0.1, 0.15) is 10.4 Å². The summed E-state index contributed by atoms with van der Waals surface area (Å²) < 4.78 is 5.07. The highest BCUT2D eigenvalue weighted by Gasteiger charge is 2.09. The van der Waals surface area contributed by atoms with Crippen molar-refractivity contribution in [2.45, 2.75) is 0 Å². The van der Waals surface area contributed by atoms with Gasteiger partial charge in [0.15, 0.2) is 0 Å². The molecule has 0 aliphatic rings. The van der Waals surface area contributed by atoms with Crippen molar-refractivity contribution in [3.05, 3.63) is 53.1 Å². The molecular weight excluding hydrogens is 264 g/mol. The number of hydrogen-bond acceptors (Lipinski definition) is 3. The summed E-state index contributed by atoms with van der Waals surface area (Å²) >= 11 is 6.00. The van der Waals surface area contributed by atoms with E-state index in [1.807, 2.05) is 0 Å². The molecule has 2 aromatic rings. The van der Waals surface area contributed by atoms with Crippen LogP contribution in [0.4, 0.5) is 11.4 Å². The van der Waals surface area contributed by atoms with Gasteiger partial charge in [0.25, 0.3) is 5.91 Å². The Balaban J connectivity index is 2.20. The van der Waals surface area contributed by atoms with E-state index in [2.05, 4.69) is 5.32 Å². The third-order valence-electron chi connectivity index (χ3n) is 2.57. The number of nitrogens with two attached hydrogens (primary N) is 1. The first kappa shape index (κ1) is 13.2. The maximum absolute atomic E-state index is 12.1. The number of anilines is 2. The Morgan fingerprint density at radius 3 is 2.74 bits per heavy atom. The van der Waals surface area contributed by atoms with Crippen LogP contribution in [0.15, 0.2) is 42.5 Å². The predicted octanol–water partition coefficient (Wildman–Crippen LogP) is 3.18. The lowest BCUT2D eigenvalue weighted by molar-refractivity contribution is 0.102. The van der Waals surface area contributed by atoms with Crippen molar-refractivity contribution >= 4 is 28.9 Å². The van der Waals surface area contributed by atoms with E-state index in [1.165, 1.54) is 0 Å². The highest BCUT2D eigenvalue weighted by atomic mass is 35.5. The third kappa shape index (κ3) is 3.17. The Kier molecular flexibility index (Phi) is 3.92. The molecule has 0 aliphatic carbocycles. The standard InChI is InChI=1S/C14H13ClN2O2/c1-19-11-4-2-3-9(7-11)14(18)17-13-6-5-10(16)8-12(13)15/h2-8H,16H2,1H3,(H,17,18). The minimum absolute atomic E-state index is 0.259. The number of nitrogens with one attached hydrogen (secondary N) is 1. The molecule has 1 amide bonds. The number of methoxy groups -OCH3 is 1. The Bertz CT molecular complexity index is 614. The molecule has 0 unspecified atom stereocenters. The van der Waals surface area contributed by atoms with E-state index in [9.17, 15) is 4.79 Å². The van der Waals surface area contributed by atoms with Crippen LogP contribution in [0.25, 0.3) is 0 Å². The molecule has 0 fully saturated rings. The van der Waals surface area contributed by atoms with E-state index in [0.717, 1.165) is 0 Å². The lowest BCUT2D eigenvalue weighted by atomic mass is 10.2. The van der Waals surface area contributed by atoms with Gasteiger partial charge in [-0.1, -0.05) is 17.7 Å². The topological polar surface area (TPSA) is 64.3 Å². The van der Waals surface area contributed by atoms with Crippen LogP contribution < -0.4 is 15.8 Å². The van der Waals surface area contributed by atoms with Crippen molar-refractivity contribution in [3.63, 3.8) is 0 Å². The normalized spacial score (nSPS) is 10.0. The Labute approximate surface area is 116 Å². The van der Waals surface area contributed by atoms with E-state index in [4.69, 9.17) is 22.1 Å². The fourth-order valence-corrected chi connectivity index (χ4v) is 1.83. The van der Waals surface area contributed by atoms with Crippen molar-refractivity contribution in [2.24, 2.45) is 0 Å². The van der Waals surface area contributed by atoms with Crippen molar-refractivity contribution in [2.75, 3.05) is 18.2 Å². The molecule has 19 heavy (non-hydrogen) atoms. The van der Waals surface area contributed by atoms with Crippen molar-refractivity contribution in [1.29, 1.82) is 0 Å². The van der Waals surface area contributed by atoms with Gasteiger partial charge >= 0.3 is 0 Å². The monoisotopic (exact) mass is 276 g/mol. The first-order chi connectivity index (χ1) is 9.10. The maximum Gasteiger partial charge on any atom is 0.255 e. The number of carbonyl (C=O) groups excluding carboxylic acids is 1. The lowest BCUT2D eigenvalue weighted by Gasteiger charge is -2.08. The molecule has 0 saturated heterocycles. The number of nitrogen functional groups attached to an aromatic ring is 1. The lowest BCUT2D eigenvalue weighted by Crippen LogP contribution is -2.12. The zero-order chi connectivity index (χ0) is 13.8. The number of hydrogen-bond donors (Lipinski definition) is 2. The zero-order valence-corrected chi connectivity index (χ0v) is 11.1. The van der Waals surface area contributed by atoms with Crippen LogP contribution in [0.5, 0.6) is 5.75 Å². The van der Waals surface area contributed by atoms with Gasteiger partial charge in [-0.25, -0.2) is 0 Å². The number of rotatable bonds is 3. The van der Waals surface area contributed by atoms with Crippen molar-refractivity contribution in [3.8, 4) is 5.75 Å². The molecule has 0 heterocycles. The largest absolute Gasteiger partial charge is 0.497 e. The summed E-state index contributed by atoms with van der Waals surface area (Å²) in [5, 5.41) is 3.12. The quantitative estimate of drug-likeness (QED) is 0.846. The van der Waals surface area contributed by atoms with E-state index >= 15 is 0 Å². The highest BCUT2D eigenvalue weighted by Crippen LogP contribution is 2.24. The van der Waals surface area contributed by atoms with E-state index in [0.29, 0.717) is 27.7 Å². The number of amides is 1. The average Bonchev–Trinajstić information content (AvgIpc) is 2.42. The van der Waals surface area contributed by atoms with E-state index < -0.39 is 0 Å². The molecule has 98 valence electrons. The highest BCUT2D eigenvalue weighted by molar-refractivity contribution is 6.34. The van der Waals surface area contributed by atoms with Crippen molar-refractivity contribution < 1.29 is 9.53 Å². The summed E-state index contributed by atoms with van der Waals surface area (Å²) in [4.78, 5) is 12.1. The van der Waals surface area contributed by atoms with Crippen LogP contribution in [0.2, 0.25) is 5.02 Å². The molecule has 2 rings (SSSR count). The first-order valence-corrected chi connectivity index (χ1v) is 5.98. The van der Waals surface area contributed by atoms with Gasteiger partial charge in [0, 0.05) is 11.3 Å². The SMILES string of the molecule is COc1cccc(C(=O)Nc2ccc(N)cc2Cl)c1. The van der Waals surface area contributed by atoms with Crippen LogP contribution in [0.3, 0.4) is 0 Å². The molecule has 0 bridgehead atoms. The van der Waals surface area contributed by atoms with Gasteiger partial charge in [-0.05, 0) is 36.4 Å². The number of halogens is 1. The second kappa shape index (κ2) is 5.63. The van der Waals surface area contributed by atoms with Gasteiger partial charge < -0.3 is 15.8 Å². The van der Waals surface area contributed by atoms with Crippen LogP contribution in [0, 0.1) is 0 Å². The molecule has 3 N–H and O–H groups in total. The molecule has 0 aliphatic heterocycles. The van der Waals surface area contributed by atoms with Crippen LogP contribution in [-0.4, -0.2) is 13.0 Å².